The van der Waals surface area contributed by atoms with E-state index in [1.165, 1.54) is 103 Å². The van der Waals surface area contributed by atoms with E-state index in [-0.39, 0.29) is 12.5 Å². The topological polar surface area (TPSA) is 113 Å². The van der Waals surface area contributed by atoms with Crippen molar-refractivity contribution in [2.24, 2.45) is 0 Å². The van der Waals surface area contributed by atoms with Crippen LogP contribution in [0.4, 0.5) is 0 Å². The molecule has 0 fully saturated rings. The van der Waals surface area contributed by atoms with Crippen LogP contribution in [0.1, 0.15) is 117 Å². The summed E-state index contributed by atoms with van der Waals surface area (Å²) in [5, 5.41) is 5.05. The summed E-state index contributed by atoms with van der Waals surface area (Å²) >= 11 is 1.61. The molecule has 0 aromatic heterocycles. The molecule has 0 aromatic carbocycles. The van der Waals surface area contributed by atoms with Crippen LogP contribution in [0.5, 0.6) is 0 Å². The van der Waals surface area contributed by atoms with Crippen LogP contribution >= 0.6 is 11.8 Å². The van der Waals surface area contributed by atoms with Crippen LogP contribution in [-0.4, -0.2) is 54.6 Å². The molecule has 0 radical (unpaired) electrons. The predicted molar refractivity (Wildman–Crippen MR) is 144 cm³/mol. The third kappa shape index (κ3) is 24.3. The summed E-state index contributed by atoms with van der Waals surface area (Å²) in [4.78, 5) is 23.5. The Hall–Kier alpha value is -0.800. The van der Waals surface area contributed by atoms with Crippen molar-refractivity contribution in [3.63, 3.8) is 0 Å². The minimum Gasteiger partial charge on any atom is -0.353 e. The van der Waals surface area contributed by atoms with Crippen molar-refractivity contribution >= 4 is 33.7 Å². The highest BCUT2D eigenvalue weighted by molar-refractivity contribution is 7.99. The molecule has 34 heavy (non-hydrogen) atoms. The highest BCUT2D eigenvalue weighted by Crippen LogP contribution is 2.14. The first-order valence-corrected chi connectivity index (χ1v) is 16.1. The molecule has 202 valence electrons. The first kappa shape index (κ1) is 33.2. The van der Waals surface area contributed by atoms with E-state index in [1.807, 2.05) is 0 Å². The fourth-order valence-corrected chi connectivity index (χ4v) is 5.21. The second-order valence-electron chi connectivity index (χ2n) is 9.21. The maximum absolute atomic E-state index is 12.2. The van der Waals surface area contributed by atoms with Gasteiger partial charge in [0.15, 0.2) is 0 Å². The van der Waals surface area contributed by atoms with Gasteiger partial charge >= 0.3 is 0 Å². The molecule has 1 atom stereocenters. The highest BCUT2D eigenvalue weighted by Gasteiger charge is 2.19. The fourth-order valence-electron chi connectivity index (χ4n) is 3.81. The summed E-state index contributed by atoms with van der Waals surface area (Å²) in [7, 11) is -4.12. The number of unbranched alkanes of at least 4 members (excludes halogenated alkanes) is 15. The second kappa shape index (κ2) is 22.7. The Morgan fingerprint density at radius 3 is 1.65 bits per heavy atom. The van der Waals surface area contributed by atoms with E-state index in [9.17, 15) is 18.0 Å². The maximum atomic E-state index is 12.2. The van der Waals surface area contributed by atoms with Gasteiger partial charge in [-0.2, -0.15) is 20.2 Å². The Balaban J connectivity index is 3.60. The van der Waals surface area contributed by atoms with Crippen LogP contribution in [-0.2, 0) is 19.7 Å². The summed E-state index contributed by atoms with van der Waals surface area (Å²) in [5.41, 5.74) is 0. The minimum absolute atomic E-state index is 0.183. The quantitative estimate of drug-likeness (QED) is 0.114. The molecule has 0 aliphatic rings. The Labute approximate surface area is 213 Å². The monoisotopic (exact) mass is 522 g/mol. The molecule has 0 spiro atoms. The van der Waals surface area contributed by atoms with Crippen LogP contribution in [0.2, 0.25) is 0 Å². The number of hydrogen-bond donors (Lipinski definition) is 3. The number of nitrogens with one attached hydrogen (secondary N) is 2. The molecular formula is C25H50N2O5S2. The van der Waals surface area contributed by atoms with E-state index in [2.05, 4.69) is 17.6 Å². The molecule has 0 bridgehead atoms. The van der Waals surface area contributed by atoms with Gasteiger partial charge in [0.2, 0.25) is 11.8 Å². The summed E-state index contributed by atoms with van der Waals surface area (Å²) in [6, 6.07) is -0.704. The van der Waals surface area contributed by atoms with Gasteiger partial charge in [-0.3, -0.25) is 14.1 Å². The van der Waals surface area contributed by atoms with E-state index in [1.54, 1.807) is 11.8 Å². The Kier molecular flexibility index (Phi) is 22.1. The number of rotatable bonds is 24. The van der Waals surface area contributed by atoms with E-state index in [4.69, 9.17) is 4.55 Å². The zero-order valence-electron chi connectivity index (χ0n) is 21.6. The Morgan fingerprint density at radius 2 is 1.24 bits per heavy atom. The molecule has 0 unspecified atom stereocenters. The zero-order valence-corrected chi connectivity index (χ0v) is 23.2. The third-order valence-corrected chi connectivity index (χ3v) is 7.65. The van der Waals surface area contributed by atoms with E-state index in [0.717, 1.165) is 12.2 Å². The number of thioether (sulfide) groups is 1. The molecule has 2 amide bonds. The van der Waals surface area contributed by atoms with Crippen LogP contribution in [0, 0.1) is 0 Å². The van der Waals surface area contributed by atoms with Gasteiger partial charge in [0, 0.05) is 19.2 Å². The van der Waals surface area contributed by atoms with Crippen molar-refractivity contribution in [2.45, 2.75) is 123 Å². The second-order valence-corrected chi connectivity index (χ2v) is 11.9. The number of carbonyl (C=O) groups is 2. The number of hydrogen-bond acceptors (Lipinski definition) is 5. The van der Waals surface area contributed by atoms with Gasteiger partial charge in [-0.15, -0.1) is 0 Å². The predicted octanol–water partition coefficient (Wildman–Crippen LogP) is 5.49. The smallest absolute Gasteiger partial charge is 0.266 e. The van der Waals surface area contributed by atoms with Crippen LogP contribution in [0.3, 0.4) is 0 Å². The van der Waals surface area contributed by atoms with E-state index in [0.29, 0.717) is 5.75 Å². The maximum Gasteiger partial charge on any atom is 0.266 e. The van der Waals surface area contributed by atoms with Gasteiger partial charge in [0.25, 0.3) is 10.1 Å². The molecule has 0 aliphatic carbocycles. The lowest BCUT2D eigenvalue weighted by Gasteiger charge is -2.17. The highest BCUT2D eigenvalue weighted by atomic mass is 32.2. The standard InChI is InChI=1S/C25H50N2O5S2/c1-3-4-5-6-7-8-9-10-11-12-13-14-15-16-17-18-20-33-22-24(27-23(2)28)25(29)26-19-21-34(30,31)32/h24H,3-22H2,1-2H3,(H,26,29)(H,27,28)(H,30,31,32)/t24-/m1/s1. The van der Waals surface area contributed by atoms with Gasteiger partial charge < -0.3 is 10.6 Å². The first-order valence-electron chi connectivity index (χ1n) is 13.3. The van der Waals surface area contributed by atoms with Crippen molar-refractivity contribution in [3.05, 3.63) is 0 Å². The van der Waals surface area contributed by atoms with E-state index < -0.39 is 27.8 Å². The van der Waals surface area contributed by atoms with Crippen molar-refractivity contribution in [2.75, 3.05) is 23.8 Å². The molecule has 0 saturated carbocycles. The Bertz CT molecular complexity index is 614. The zero-order chi connectivity index (χ0) is 25.5. The summed E-state index contributed by atoms with van der Waals surface area (Å²) < 4.78 is 30.2. The van der Waals surface area contributed by atoms with Crippen molar-refractivity contribution < 1.29 is 22.6 Å². The summed E-state index contributed by atoms with van der Waals surface area (Å²) in [6.45, 7) is 3.43. The molecule has 9 heteroatoms. The molecule has 0 rings (SSSR count). The molecule has 7 nitrogen and oxygen atoms in total. The van der Waals surface area contributed by atoms with E-state index >= 15 is 0 Å². The van der Waals surface area contributed by atoms with Crippen molar-refractivity contribution in [3.8, 4) is 0 Å². The summed E-state index contributed by atoms with van der Waals surface area (Å²) in [6.07, 6.45) is 21.3. The van der Waals surface area contributed by atoms with Gasteiger partial charge in [0.1, 0.15) is 6.04 Å². The molecule has 0 saturated heterocycles. The lowest BCUT2D eigenvalue weighted by Crippen LogP contribution is -2.48. The number of carbonyl (C=O) groups excluding carboxylic acids is 2. The number of amides is 2. The minimum atomic E-state index is -4.12. The average Bonchev–Trinajstić information content (AvgIpc) is 2.76. The lowest BCUT2D eigenvalue weighted by molar-refractivity contribution is -0.127. The molecule has 0 heterocycles. The largest absolute Gasteiger partial charge is 0.353 e. The fraction of sp³-hybridized carbons (Fsp3) is 0.920. The van der Waals surface area contributed by atoms with Crippen LogP contribution in [0.15, 0.2) is 0 Å². The SMILES string of the molecule is CCCCCCCCCCCCCCCCCCSC[C@@H](NC(C)=O)C(=O)NCCS(=O)(=O)O. The van der Waals surface area contributed by atoms with Crippen molar-refractivity contribution in [1.82, 2.24) is 10.6 Å². The average molecular weight is 523 g/mol. The van der Waals surface area contributed by atoms with Gasteiger partial charge in [-0.1, -0.05) is 103 Å². The molecule has 0 aromatic rings. The van der Waals surface area contributed by atoms with Crippen LogP contribution in [0.25, 0.3) is 0 Å². The van der Waals surface area contributed by atoms with Crippen LogP contribution < -0.4 is 10.6 Å². The summed E-state index contributed by atoms with van der Waals surface area (Å²) in [5.74, 6) is 0.0806. The van der Waals surface area contributed by atoms with Gasteiger partial charge in [-0.05, 0) is 12.2 Å². The molecule has 0 aliphatic heterocycles. The lowest BCUT2D eigenvalue weighted by atomic mass is 10.0. The van der Waals surface area contributed by atoms with Gasteiger partial charge in [0.05, 0.1) is 5.75 Å². The first-order chi connectivity index (χ1) is 16.3. The normalized spacial score (nSPS) is 12.4. The third-order valence-electron chi connectivity index (χ3n) is 5.78. The van der Waals surface area contributed by atoms with Crippen molar-refractivity contribution in [1.29, 1.82) is 0 Å². The molecule has 3 N–H and O–H groups in total. The molecular weight excluding hydrogens is 472 g/mol. The van der Waals surface area contributed by atoms with Gasteiger partial charge in [-0.25, -0.2) is 0 Å². The Morgan fingerprint density at radius 1 is 0.794 bits per heavy atom.